The topological polar surface area (TPSA) is 37.4 Å². The fourth-order valence-electron chi connectivity index (χ4n) is 4.25. The minimum absolute atomic E-state index is 0.0515. The van der Waals surface area contributed by atoms with E-state index < -0.39 is 0 Å². The van der Waals surface area contributed by atoms with Gasteiger partial charge in [-0.05, 0) is 55.2 Å². The summed E-state index contributed by atoms with van der Waals surface area (Å²) in [7, 11) is 0. The molecule has 4 heterocycles. The summed E-state index contributed by atoms with van der Waals surface area (Å²) < 4.78 is 5.90. The van der Waals surface area contributed by atoms with Crippen molar-refractivity contribution in [3.8, 4) is 0 Å². The van der Waals surface area contributed by atoms with Gasteiger partial charge in [-0.15, -0.1) is 0 Å². The molecule has 2 saturated heterocycles. The predicted molar refractivity (Wildman–Crippen MR) is 91.5 cm³/mol. The number of nitrogens with zero attached hydrogens (tertiary/aromatic N) is 2. The Balaban J connectivity index is 1.48. The van der Waals surface area contributed by atoms with Crippen molar-refractivity contribution in [1.82, 2.24) is 4.98 Å². The fraction of sp³-hybridized carbons (Fsp3) is 0.421. The maximum absolute atomic E-state index is 5.90. The van der Waals surface area contributed by atoms with Crippen molar-refractivity contribution in [1.29, 1.82) is 0 Å². The highest BCUT2D eigenvalue weighted by Gasteiger charge is 2.47. The summed E-state index contributed by atoms with van der Waals surface area (Å²) in [6, 6.07) is 11.5. The van der Waals surface area contributed by atoms with E-state index in [4.69, 9.17) is 4.74 Å². The molecule has 1 aromatic carbocycles. The van der Waals surface area contributed by atoms with Crippen molar-refractivity contribution < 1.29 is 4.74 Å². The Bertz CT molecular complexity index is 775. The number of aromatic nitrogens is 1. The van der Waals surface area contributed by atoms with Crippen LogP contribution in [0, 0.1) is 0 Å². The van der Waals surface area contributed by atoms with Crippen molar-refractivity contribution in [2.24, 2.45) is 0 Å². The maximum Gasteiger partial charge on any atom is 0.133 e. The molecular formula is C19H21N3O. The Labute approximate surface area is 136 Å². The summed E-state index contributed by atoms with van der Waals surface area (Å²) in [5, 5.41) is 3.51. The van der Waals surface area contributed by atoms with Gasteiger partial charge < -0.3 is 15.0 Å². The number of hydrogen-bond acceptors (Lipinski definition) is 4. The van der Waals surface area contributed by atoms with Crippen LogP contribution in [0.5, 0.6) is 0 Å². The Morgan fingerprint density at radius 3 is 3.00 bits per heavy atom. The predicted octanol–water partition coefficient (Wildman–Crippen LogP) is 3.29. The number of rotatable bonds is 1. The molecule has 5 rings (SSSR count). The van der Waals surface area contributed by atoms with Crippen LogP contribution in [0.25, 0.3) is 0 Å². The Morgan fingerprint density at radius 1 is 1.26 bits per heavy atom. The number of pyridine rings is 1. The van der Waals surface area contributed by atoms with Crippen LogP contribution in [0.3, 0.4) is 0 Å². The summed E-state index contributed by atoms with van der Waals surface area (Å²) >= 11 is 0. The summed E-state index contributed by atoms with van der Waals surface area (Å²) in [6.07, 6.45) is 5.10. The van der Waals surface area contributed by atoms with Gasteiger partial charge in [-0.2, -0.15) is 0 Å². The normalized spacial score (nSPS) is 28.0. The van der Waals surface area contributed by atoms with Gasteiger partial charge in [-0.1, -0.05) is 6.07 Å². The van der Waals surface area contributed by atoms with Crippen LogP contribution in [0.4, 0.5) is 17.2 Å². The maximum atomic E-state index is 5.90. The molecule has 118 valence electrons. The third-order valence-electron chi connectivity index (χ3n) is 5.47. The zero-order valence-corrected chi connectivity index (χ0v) is 13.4. The first-order valence-corrected chi connectivity index (χ1v) is 8.45. The van der Waals surface area contributed by atoms with Gasteiger partial charge in [0.25, 0.3) is 0 Å². The van der Waals surface area contributed by atoms with Gasteiger partial charge in [0.2, 0.25) is 0 Å². The molecule has 0 amide bonds. The third-order valence-corrected chi connectivity index (χ3v) is 5.47. The van der Waals surface area contributed by atoms with Crippen molar-refractivity contribution in [3.05, 3.63) is 47.7 Å². The largest absolute Gasteiger partial charge is 0.371 e. The molecule has 2 fully saturated rings. The molecule has 2 atom stereocenters. The lowest BCUT2D eigenvalue weighted by Crippen LogP contribution is -2.41. The number of anilines is 3. The number of nitrogens with one attached hydrogen (secondary N) is 1. The average molecular weight is 307 g/mol. The Hall–Kier alpha value is -2.07. The second-order valence-corrected chi connectivity index (χ2v) is 7.22. The third kappa shape index (κ3) is 2.12. The molecule has 3 aliphatic heterocycles. The molecule has 3 aliphatic rings. The van der Waals surface area contributed by atoms with Gasteiger partial charge in [0, 0.05) is 30.5 Å². The average Bonchev–Trinajstić information content (AvgIpc) is 3.04. The Morgan fingerprint density at radius 2 is 2.17 bits per heavy atom. The second kappa shape index (κ2) is 4.71. The van der Waals surface area contributed by atoms with Gasteiger partial charge in [0.05, 0.1) is 18.2 Å². The minimum Gasteiger partial charge on any atom is -0.371 e. The monoisotopic (exact) mass is 307 g/mol. The second-order valence-electron chi connectivity index (χ2n) is 7.22. The van der Waals surface area contributed by atoms with Crippen molar-refractivity contribution in [2.75, 3.05) is 23.4 Å². The number of aryl methyl sites for hydroxylation is 2. The summed E-state index contributed by atoms with van der Waals surface area (Å²) in [5.74, 6) is 1.00. The lowest BCUT2D eigenvalue weighted by atomic mass is 10.0. The summed E-state index contributed by atoms with van der Waals surface area (Å²) in [6.45, 7) is 4.10. The summed E-state index contributed by atoms with van der Waals surface area (Å²) in [4.78, 5) is 7.01. The number of benzene rings is 1. The number of morpholine rings is 1. The lowest BCUT2D eigenvalue weighted by Gasteiger charge is -2.32. The molecule has 1 aromatic heterocycles. The van der Waals surface area contributed by atoms with E-state index >= 15 is 0 Å². The molecule has 4 nitrogen and oxygen atoms in total. The Kier molecular flexibility index (Phi) is 2.74. The molecule has 1 N–H and O–H groups in total. The van der Waals surface area contributed by atoms with Gasteiger partial charge >= 0.3 is 0 Å². The first kappa shape index (κ1) is 13.4. The molecule has 0 saturated carbocycles. The van der Waals surface area contributed by atoms with E-state index in [0.29, 0.717) is 6.04 Å². The van der Waals surface area contributed by atoms with Crippen LogP contribution in [-0.2, 0) is 17.6 Å². The highest BCUT2D eigenvalue weighted by Crippen LogP contribution is 2.41. The number of fused-ring (bicyclic) bond motifs is 4. The standard InChI is InChI=1S/C19H21N3O/c1-19-10-16(11-23-19)22(12-19)15-6-7-17-14(9-15)5-4-13-3-2-8-20-18(13)21-17/h2-3,6-9,16H,4-5,10-12H2,1H3,(H,20,21)/t16?,19-/m0/s1. The van der Waals surface area contributed by atoms with Crippen LogP contribution < -0.4 is 10.2 Å². The molecule has 1 unspecified atom stereocenters. The van der Waals surface area contributed by atoms with E-state index in [2.05, 4.69) is 46.4 Å². The number of ether oxygens (including phenoxy) is 1. The van der Waals surface area contributed by atoms with Gasteiger partial charge in [-0.25, -0.2) is 4.98 Å². The SMILES string of the molecule is C[C@@]12CC(CO1)N(c1ccc3c(c1)CCc1cccnc1N3)C2. The van der Waals surface area contributed by atoms with Crippen LogP contribution >= 0.6 is 0 Å². The van der Waals surface area contributed by atoms with Crippen LogP contribution in [0.1, 0.15) is 24.5 Å². The van der Waals surface area contributed by atoms with Crippen LogP contribution in [-0.4, -0.2) is 29.8 Å². The van der Waals surface area contributed by atoms with Crippen molar-refractivity contribution in [2.45, 2.75) is 37.8 Å². The quantitative estimate of drug-likeness (QED) is 0.877. The first-order valence-electron chi connectivity index (χ1n) is 8.45. The van der Waals surface area contributed by atoms with E-state index in [9.17, 15) is 0 Å². The molecular weight excluding hydrogens is 286 g/mol. The van der Waals surface area contributed by atoms with Crippen molar-refractivity contribution >= 4 is 17.2 Å². The highest BCUT2D eigenvalue weighted by molar-refractivity contribution is 5.69. The van der Waals surface area contributed by atoms with Gasteiger partial charge in [-0.3, -0.25) is 0 Å². The van der Waals surface area contributed by atoms with E-state index in [0.717, 1.165) is 38.2 Å². The zero-order valence-electron chi connectivity index (χ0n) is 13.4. The molecule has 0 aliphatic carbocycles. The van der Waals surface area contributed by atoms with Crippen molar-refractivity contribution in [3.63, 3.8) is 0 Å². The zero-order chi connectivity index (χ0) is 15.4. The van der Waals surface area contributed by atoms with Crippen LogP contribution in [0.2, 0.25) is 0 Å². The van der Waals surface area contributed by atoms with Gasteiger partial charge in [0.15, 0.2) is 0 Å². The molecule has 0 radical (unpaired) electrons. The van der Waals surface area contributed by atoms with Crippen LogP contribution in [0.15, 0.2) is 36.5 Å². The smallest absolute Gasteiger partial charge is 0.133 e. The molecule has 23 heavy (non-hydrogen) atoms. The lowest BCUT2D eigenvalue weighted by molar-refractivity contribution is 0.0169. The van der Waals surface area contributed by atoms with E-state index in [1.54, 1.807) is 0 Å². The molecule has 2 aromatic rings. The highest BCUT2D eigenvalue weighted by atomic mass is 16.5. The first-order chi connectivity index (χ1) is 11.2. The number of hydrogen-bond donors (Lipinski definition) is 1. The molecule has 4 heteroatoms. The fourth-order valence-corrected chi connectivity index (χ4v) is 4.25. The summed E-state index contributed by atoms with van der Waals surface area (Å²) in [5.41, 5.74) is 5.26. The molecule has 2 bridgehead atoms. The van der Waals surface area contributed by atoms with E-state index in [1.807, 2.05) is 12.3 Å². The van der Waals surface area contributed by atoms with E-state index in [-0.39, 0.29) is 5.60 Å². The molecule has 0 spiro atoms. The van der Waals surface area contributed by atoms with E-state index in [1.165, 1.54) is 22.5 Å². The van der Waals surface area contributed by atoms with Gasteiger partial charge in [0.1, 0.15) is 5.82 Å². The minimum atomic E-state index is 0.0515.